The van der Waals surface area contributed by atoms with Gasteiger partial charge in [0.05, 0.1) is 6.61 Å². The Hall–Kier alpha value is -0.470. The molecule has 1 aromatic heterocycles. The maximum Gasteiger partial charge on any atom is 0.250 e. The number of rotatable bonds is 6. The summed E-state index contributed by atoms with van der Waals surface area (Å²) in [5, 5.41) is 8.85. The predicted octanol–water partition coefficient (Wildman–Crippen LogP) is 0.986. The molecule has 2 N–H and O–H groups in total. The second-order valence-corrected chi connectivity index (χ2v) is 7.84. The molecular formula is C12H19NO4S2. The lowest BCUT2D eigenvalue weighted by molar-refractivity contribution is 0.180. The van der Waals surface area contributed by atoms with E-state index in [1.54, 1.807) is 12.1 Å². The Morgan fingerprint density at radius 1 is 1.58 bits per heavy atom. The van der Waals surface area contributed by atoms with Crippen molar-refractivity contribution in [2.75, 3.05) is 19.8 Å². The quantitative estimate of drug-likeness (QED) is 0.822. The van der Waals surface area contributed by atoms with Gasteiger partial charge in [0, 0.05) is 36.5 Å². The van der Waals surface area contributed by atoms with E-state index in [2.05, 4.69) is 4.72 Å². The van der Waals surface area contributed by atoms with Gasteiger partial charge in [-0.15, -0.1) is 11.3 Å². The highest BCUT2D eigenvalue weighted by Gasteiger charge is 2.27. The van der Waals surface area contributed by atoms with Crippen molar-refractivity contribution >= 4 is 21.4 Å². The molecule has 0 spiro atoms. The van der Waals surface area contributed by atoms with Gasteiger partial charge in [-0.1, -0.05) is 0 Å². The first kappa shape index (κ1) is 14.9. The van der Waals surface area contributed by atoms with Crippen LogP contribution in [0.25, 0.3) is 0 Å². The second kappa shape index (κ2) is 6.32. The third kappa shape index (κ3) is 3.76. The summed E-state index contributed by atoms with van der Waals surface area (Å²) in [5.74, 6) is 0.242. The molecule has 2 rings (SSSR count). The summed E-state index contributed by atoms with van der Waals surface area (Å²) < 4.78 is 32.7. The molecule has 1 aliphatic rings. The van der Waals surface area contributed by atoms with E-state index in [-0.39, 0.29) is 18.6 Å². The lowest BCUT2D eigenvalue weighted by Crippen LogP contribution is -2.38. The Morgan fingerprint density at radius 2 is 2.37 bits per heavy atom. The number of hydrogen-bond donors (Lipinski definition) is 2. The number of ether oxygens (including phenoxy) is 1. The second-order valence-electron chi connectivity index (χ2n) is 4.73. The summed E-state index contributed by atoms with van der Waals surface area (Å²) in [4.78, 5) is 0.875. The van der Waals surface area contributed by atoms with Crippen molar-refractivity contribution in [3.8, 4) is 0 Å². The molecule has 0 saturated carbocycles. The molecule has 2 heterocycles. The minimum Gasteiger partial charge on any atom is -0.396 e. The lowest BCUT2D eigenvalue weighted by Gasteiger charge is -2.18. The van der Waals surface area contributed by atoms with Gasteiger partial charge < -0.3 is 9.84 Å². The zero-order valence-corrected chi connectivity index (χ0v) is 12.5. The topological polar surface area (TPSA) is 75.6 Å². The highest BCUT2D eigenvalue weighted by Crippen LogP contribution is 2.24. The van der Waals surface area contributed by atoms with Crippen LogP contribution in [-0.4, -0.2) is 39.4 Å². The summed E-state index contributed by atoms with van der Waals surface area (Å²) >= 11 is 1.21. The van der Waals surface area contributed by atoms with Gasteiger partial charge in [-0.3, -0.25) is 0 Å². The maximum absolute atomic E-state index is 12.2. The van der Waals surface area contributed by atoms with E-state index in [0.29, 0.717) is 23.8 Å². The monoisotopic (exact) mass is 305 g/mol. The molecule has 1 fully saturated rings. The van der Waals surface area contributed by atoms with Gasteiger partial charge in [0.2, 0.25) is 10.0 Å². The average molecular weight is 305 g/mol. The standard InChI is InChI=1S/C12H19NO4S2/c1-9(10-5-7-17-8-10)13-19(15,16)12-3-2-11(18-12)4-6-14/h2-3,9-10,13-14H,4-8H2,1H3. The molecule has 0 radical (unpaired) electrons. The summed E-state index contributed by atoms with van der Waals surface area (Å²) in [7, 11) is -3.46. The molecular weight excluding hydrogens is 286 g/mol. The molecule has 0 bridgehead atoms. The van der Waals surface area contributed by atoms with Crippen LogP contribution in [0, 0.1) is 5.92 Å². The van der Waals surface area contributed by atoms with Crippen molar-refractivity contribution in [3.63, 3.8) is 0 Å². The van der Waals surface area contributed by atoms with Gasteiger partial charge >= 0.3 is 0 Å². The SMILES string of the molecule is CC(NS(=O)(=O)c1ccc(CCO)s1)C1CCOC1. The van der Waals surface area contributed by atoms with Crippen molar-refractivity contribution in [2.24, 2.45) is 5.92 Å². The molecule has 1 aliphatic heterocycles. The first-order valence-corrected chi connectivity index (χ1v) is 8.62. The third-order valence-corrected chi connectivity index (χ3v) is 6.47. The van der Waals surface area contributed by atoms with E-state index >= 15 is 0 Å². The van der Waals surface area contributed by atoms with E-state index in [1.807, 2.05) is 6.92 Å². The normalized spacial score (nSPS) is 21.7. The van der Waals surface area contributed by atoms with Gasteiger partial charge in [-0.2, -0.15) is 0 Å². The fourth-order valence-electron chi connectivity index (χ4n) is 2.09. The van der Waals surface area contributed by atoms with Crippen LogP contribution in [0.5, 0.6) is 0 Å². The largest absolute Gasteiger partial charge is 0.396 e. The maximum atomic E-state index is 12.2. The van der Waals surface area contributed by atoms with Crippen LogP contribution >= 0.6 is 11.3 Å². The van der Waals surface area contributed by atoms with E-state index in [0.717, 1.165) is 11.3 Å². The number of aliphatic hydroxyl groups is 1. The number of sulfonamides is 1. The molecule has 0 aromatic carbocycles. The Morgan fingerprint density at radius 3 is 3.00 bits per heavy atom. The summed E-state index contributed by atoms with van der Waals surface area (Å²) in [6.07, 6.45) is 1.39. The summed E-state index contributed by atoms with van der Waals surface area (Å²) in [5.41, 5.74) is 0. The molecule has 0 aliphatic carbocycles. The zero-order valence-electron chi connectivity index (χ0n) is 10.8. The molecule has 19 heavy (non-hydrogen) atoms. The molecule has 2 atom stereocenters. The zero-order chi connectivity index (χ0) is 13.9. The smallest absolute Gasteiger partial charge is 0.250 e. The van der Waals surface area contributed by atoms with Gasteiger partial charge in [-0.25, -0.2) is 13.1 Å². The van der Waals surface area contributed by atoms with Crippen LogP contribution in [0.1, 0.15) is 18.2 Å². The van der Waals surface area contributed by atoms with Crippen LogP contribution < -0.4 is 4.72 Å². The van der Waals surface area contributed by atoms with Crippen LogP contribution in [0.2, 0.25) is 0 Å². The predicted molar refractivity (Wildman–Crippen MR) is 73.8 cm³/mol. The highest BCUT2D eigenvalue weighted by atomic mass is 32.2. The molecule has 0 amide bonds. The Labute approximate surface area is 117 Å². The number of aliphatic hydroxyl groups excluding tert-OH is 1. The summed E-state index contributed by atoms with van der Waals surface area (Å²) in [6.45, 7) is 3.22. The Kier molecular flexibility index (Phi) is 4.97. The van der Waals surface area contributed by atoms with E-state index in [1.165, 1.54) is 11.3 Å². The van der Waals surface area contributed by atoms with Crippen LogP contribution in [0.15, 0.2) is 16.3 Å². The van der Waals surface area contributed by atoms with E-state index < -0.39 is 10.0 Å². The van der Waals surface area contributed by atoms with Crippen molar-refractivity contribution < 1.29 is 18.3 Å². The van der Waals surface area contributed by atoms with Crippen LogP contribution in [-0.2, 0) is 21.2 Å². The Bertz CT molecular complexity index is 506. The first-order chi connectivity index (χ1) is 9.03. The average Bonchev–Trinajstić information content (AvgIpc) is 2.99. The minimum absolute atomic E-state index is 0.0310. The van der Waals surface area contributed by atoms with Gasteiger partial charge in [0.1, 0.15) is 4.21 Å². The van der Waals surface area contributed by atoms with Crippen LogP contribution in [0.4, 0.5) is 0 Å². The van der Waals surface area contributed by atoms with Crippen molar-refractivity contribution in [2.45, 2.75) is 30.0 Å². The molecule has 1 aromatic rings. The van der Waals surface area contributed by atoms with E-state index in [9.17, 15) is 8.42 Å². The number of hydrogen-bond acceptors (Lipinski definition) is 5. The number of nitrogens with one attached hydrogen (secondary N) is 1. The van der Waals surface area contributed by atoms with Gasteiger partial charge in [-0.05, 0) is 25.5 Å². The fraction of sp³-hybridized carbons (Fsp3) is 0.667. The third-order valence-electron chi connectivity index (χ3n) is 3.27. The highest BCUT2D eigenvalue weighted by molar-refractivity contribution is 7.91. The van der Waals surface area contributed by atoms with Crippen LogP contribution in [0.3, 0.4) is 0 Å². The number of thiophene rings is 1. The van der Waals surface area contributed by atoms with Gasteiger partial charge in [0.25, 0.3) is 0 Å². The lowest BCUT2D eigenvalue weighted by atomic mass is 10.0. The summed E-state index contributed by atoms with van der Waals surface area (Å²) in [6, 6.07) is 3.21. The molecule has 5 nitrogen and oxygen atoms in total. The minimum atomic E-state index is -3.46. The van der Waals surface area contributed by atoms with Gasteiger partial charge in [0.15, 0.2) is 0 Å². The molecule has 108 valence electrons. The molecule has 1 saturated heterocycles. The fourth-order valence-corrected chi connectivity index (χ4v) is 4.77. The molecule has 7 heteroatoms. The van der Waals surface area contributed by atoms with E-state index in [4.69, 9.17) is 9.84 Å². The molecule has 2 unspecified atom stereocenters. The first-order valence-electron chi connectivity index (χ1n) is 6.32. The van der Waals surface area contributed by atoms with Crippen molar-refractivity contribution in [1.29, 1.82) is 0 Å². The van der Waals surface area contributed by atoms with Crippen molar-refractivity contribution in [1.82, 2.24) is 4.72 Å². The van der Waals surface area contributed by atoms with Crippen molar-refractivity contribution in [3.05, 3.63) is 17.0 Å². The Balaban J connectivity index is 2.03.